The van der Waals surface area contributed by atoms with Gasteiger partial charge in [-0.2, -0.15) is 0 Å². The summed E-state index contributed by atoms with van der Waals surface area (Å²) in [7, 11) is 0. The van der Waals surface area contributed by atoms with Crippen LogP contribution >= 0.6 is 23.1 Å². The molecule has 3 N–H and O–H groups in total. The van der Waals surface area contributed by atoms with Crippen molar-refractivity contribution in [3.8, 4) is 16.3 Å². The van der Waals surface area contributed by atoms with Gasteiger partial charge < -0.3 is 20.7 Å². The number of rotatable bonds is 7. The van der Waals surface area contributed by atoms with E-state index in [2.05, 4.69) is 20.9 Å². The van der Waals surface area contributed by atoms with Gasteiger partial charge in [-0.25, -0.2) is 4.98 Å². The lowest BCUT2D eigenvalue weighted by Crippen LogP contribution is -2.30. The maximum Gasteiger partial charge on any atom is 0.256 e. The van der Waals surface area contributed by atoms with Gasteiger partial charge >= 0.3 is 0 Å². The second-order valence-corrected chi connectivity index (χ2v) is 11.8. The van der Waals surface area contributed by atoms with Crippen molar-refractivity contribution in [1.29, 1.82) is 0 Å². The number of thiazole rings is 1. The Morgan fingerprint density at radius 1 is 1.03 bits per heavy atom. The molecule has 198 valence electrons. The number of carbonyl (C=O) groups excluding carboxylic acids is 2. The molecule has 2 amide bonds. The SMILES string of the molecule is O=C(NCc1cnc(-c2ccc(OCC3CCNCC3)cc2)s1)c1ccc2c(c1)NC(=O)c1ccccc1S2. The molecule has 0 radical (unpaired) electrons. The highest BCUT2D eigenvalue weighted by Gasteiger charge is 2.21. The summed E-state index contributed by atoms with van der Waals surface area (Å²) in [6.45, 7) is 3.27. The van der Waals surface area contributed by atoms with E-state index in [4.69, 9.17) is 4.74 Å². The molecule has 0 atom stereocenters. The minimum absolute atomic E-state index is 0.173. The summed E-state index contributed by atoms with van der Waals surface area (Å²) < 4.78 is 6.00. The Bertz CT molecular complexity index is 1500. The smallest absolute Gasteiger partial charge is 0.256 e. The summed E-state index contributed by atoms with van der Waals surface area (Å²) in [5.41, 5.74) is 2.78. The van der Waals surface area contributed by atoms with Crippen molar-refractivity contribution >= 4 is 40.6 Å². The highest BCUT2D eigenvalue weighted by atomic mass is 32.2. The van der Waals surface area contributed by atoms with E-state index in [1.54, 1.807) is 35.7 Å². The third-order valence-corrected chi connectivity index (χ3v) is 9.06. The number of piperidine rings is 1. The second-order valence-electron chi connectivity index (χ2n) is 9.61. The molecule has 2 aliphatic rings. The van der Waals surface area contributed by atoms with Crippen LogP contribution in [0.1, 0.15) is 38.4 Å². The van der Waals surface area contributed by atoms with Crippen LogP contribution in [0.2, 0.25) is 0 Å². The average molecular weight is 557 g/mol. The van der Waals surface area contributed by atoms with Gasteiger partial charge in [0.1, 0.15) is 10.8 Å². The zero-order valence-corrected chi connectivity index (χ0v) is 22.9. The summed E-state index contributed by atoms with van der Waals surface area (Å²) in [6, 6.07) is 20.9. The van der Waals surface area contributed by atoms with E-state index < -0.39 is 0 Å². The maximum atomic E-state index is 12.9. The van der Waals surface area contributed by atoms with Crippen LogP contribution in [-0.2, 0) is 6.54 Å². The highest BCUT2D eigenvalue weighted by Crippen LogP contribution is 2.39. The summed E-state index contributed by atoms with van der Waals surface area (Å²) in [4.78, 5) is 32.9. The average Bonchev–Trinajstić information content (AvgIpc) is 3.40. The number of nitrogens with zero attached hydrogens (tertiary/aromatic N) is 1. The van der Waals surface area contributed by atoms with Crippen LogP contribution in [0.5, 0.6) is 5.75 Å². The molecule has 0 bridgehead atoms. The van der Waals surface area contributed by atoms with Gasteiger partial charge in [-0.3, -0.25) is 9.59 Å². The lowest BCUT2D eigenvalue weighted by molar-refractivity contribution is 0.0949. The van der Waals surface area contributed by atoms with Crippen molar-refractivity contribution in [2.24, 2.45) is 5.92 Å². The molecule has 7 nitrogen and oxygen atoms in total. The van der Waals surface area contributed by atoms with Gasteiger partial charge in [-0.1, -0.05) is 23.9 Å². The molecule has 0 saturated carbocycles. The van der Waals surface area contributed by atoms with Crippen LogP contribution in [0.4, 0.5) is 5.69 Å². The predicted molar refractivity (Wildman–Crippen MR) is 155 cm³/mol. The monoisotopic (exact) mass is 556 g/mol. The van der Waals surface area contributed by atoms with E-state index in [1.165, 1.54) is 11.8 Å². The lowest BCUT2D eigenvalue weighted by Gasteiger charge is -2.22. The molecule has 0 unspecified atom stereocenters. The van der Waals surface area contributed by atoms with Gasteiger partial charge in [0, 0.05) is 32.0 Å². The van der Waals surface area contributed by atoms with E-state index in [0.29, 0.717) is 29.3 Å². The summed E-state index contributed by atoms with van der Waals surface area (Å²) >= 11 is 3.07. The molecule has 2 aliphatic heterocycles. The van der Waals surface area contributed by atoms with E-state index >= 15 is 0 Å². The first-order valence-electron chi connectivity index (χ1n) is 13.0. The number of nitrogens with one attached hydrogen (secondary N) is 3. The minimum Gasteiger partial charge on any atom is -0.493 e. The van der Waals surface area contributed by atoms with Crippen LogP contribution in [0.15, 0.2) is 82.7 Å². The minimum atomic E-state index is -0.205. The van der Waals surface area contributed by atoms with Crippen LogP contribution in [0.25, 0.3) is 10.6 Å². The number of anilines is 1. The zero-order valence-electron chi connectivity index (χ0n) is 21.2. The Labute approximate surface area is 235 Å². The first-order chi connectivity index (χ1) is 19.1. The Kier molecular flexibility index (Phi) is 7.62. The van der Waals surface area contributed by atoms with Crippen LogP contribution in [0, 0.1) is 5.92 Å². The summed E-state index contributed by atoms with van der Waals surface area (Å²) in [5.74, 6) is 1.11. The molecular formula is C30H28N4O3S2. The van der Waals surface area contributed by atoms with Crippen molar-refractivity contribution in [1.82, 2.24) is 15.6 Å². The summed E-state index contributed by atoms with van der Waals surface area (Å²) in [6.07, 6.45) is 4.12. The zero-order chi connectivity index (χ0) is 26.6. The van der Waals surface area contributed by atoms with Gasteiger partial charge in [0.05, 0.1) is 24.4 Å². The van der Waals surface area contributed by atoms with Crippen molar-refractivity contribution in [2.45, 2.75) is 29.2 Å². The highest BCUT2D eigenvalue weighted by molar-refractivity contribution is 7.99. The van der Waals surface area contributed by atoms with Crippen molar-refractivity contribution in [2.75, 3.05) is 25.0 Å². The number of amides is 2. The van der Waals surface area contributed by atoms with Gasteiger partial charge in [-0.15, -0.1) is 11.3 Å². The first kappa shape index (κ1) is 25.6. The third kappa shape index (κ3) is 6.00. The summed E-state index contributed by atoms with van der Waals surface area (Å²) in [5, 5.41) is 10.2. The largest absolute Gasteiger partial charge is 0.493 e. The fourth-order valence-electron chi connectivity index (χ4n) is 4.66. The Morgan fingerprint density at radius 3 is 2.69 bits per heavy atom. The van der Waals surface area contributed by atoms with Gasteiger partial charge in [0.15, 0.2) is 0 Å². The molecule has 1 saturated heterocycles. The number of hydrogen-bond acceptors (Lipinski definition) is 7. The molecule has 0 spiro atoms. The maximum absolute atomic E-state index is 12.9. The Morgan fingerprint density at radius 2 is 1.85 bits per heavy atom. The molecule has 1 aromatic heterocycles. The van der Waals surface area contributed by atoms with Crippen LogP contribution in [-0.4, -0.2) is 36.5 Å². The van der Waals surface area contributed by atoms with Gasteiger partial charge in [-0.05, 0) is 86.4 Å². The van der Waals surface area contributed by atoms with E-state index in [9.17, 15) is 9.59 Å². The van der Waals surface area contributed by atoms with E-state index in [-0.39, 0.29) is 11.8 Å². The molecule has 39 heavy (non-hydrogen) atoms. The predicted octanol–water partition coefficient (Wildman–Crippen LogP) is 5.84. The number of fused-ring (bicyclic) bond motifs is 2. The van der Waals surface area contributed by atoms with Crippen LogP contribution < -0.4 is 20.7 Å². The lowest BCUT2D eigenvalue weighted by atomic mass is 9.99. The second kappa shape index (κ2) is 11.6. The molecule has 3 aromatic carbocycles. The molecule has 1 fully saturated rings. The number of aromatic nitrogens is 1. The molecule has 3 heterocycles. The topological polar surface area (TPSA) is 92.3 Å². The number of hydrogen-bond donors (Lipinski definition) is 3. The van der Waals surface area contributed by atoms with Gasteiger partial charge in [0.2, 0.25) is 0 Å². The number of ether oxygens (including phenoxy) is 1. The fourth-order valence-corrected chi connectivity index (χ4v) is 6.53. The molecule has 4 aromatic rings. The molecule has 0 aliphatic carbocycles. The quantitative estimate of drug-likeness (QED) is 0.265. The first-order valence-corrected chi connectivity index (χ1v) is 14.6. The van der Waals surface area contributed by atoms with E-state index in [1.807, 2.05) is 48.5 Å². The standard InChI is InChI=1S/C30H28N4O3S2/c35-28(21-7-10-27-25(15-21)34-29(36)24-3-1-2-4-26(24)39-27)32-16-23-17-33-30(38-23)20-5-8-22(9-6-20)37-18-19-11-13-31-14-12-19/h1-10,15,17,19,31H,11-14,16,18H2,(H,32,35)(H,34,36). The number of carbonyl (C=O) groups is 2. The Balaban J connectivity index is 1.05. The van der Waals surface area contributed by atoms with Crippen molar-refractivity contribution < 1.29 is 14.3 Å². The fraction of sp³-hybridized carbons (Fsp3) is 0.233. The van der Waals surface area contributed by atoms with Gasteiger partial charge in [0.25, 0.3) is 11.8 Å². The third-order valence-electron chi connectivity index (χ3n) is 6.86. The Hall–Kier alpha value is -3.66. The van der Waals surface area contributed by atoms with E-state index in [0.717, 1.165) is 63.5 Å². The number of benzene rings is 3. The van der Waals surface area contributed by atoms with Crippen molar-refractivity contribution in [3.63, 3.8) is 0 Å². The van der Waals surface area contributed by atoms with Crippen molar-refractivity contribution in [3.05, 3.63) is 88.9 Å². The molecular weight excluding hydrogens is 528 g/mol. The van der Waals surface area contributed by atoms with Crippen LogP contribution in [0.3, 0.4) is 0 Å². The normalized spacial score (nSPS) is 15.0. The molecule has 6 rings (SSSR count). The molecule has 9 heteroatoms.